The first-order chi connectivity index (χ1) is 10.0. The highest BCUT2D eigenvalue weighted by molar-refractivity contribution is 6.32. The van der Waals surface area contributed by atoms with Crippen molar-refractivity contribution in [2.24, 2.45) is 0 Å². The largest absolute Gasteiger partial charge is 0.447 e. The zero-order valence-electron chi connectivity index (χ0n) is 11.8. The Balaban J connectivity index is 2.24. The first-order valence-corrected chi connectivity index (χ1v) is 6.73. The van der Waals surface area contributed by atoms with Crippen molar-refractivity contribution in [3.05, 3.63) is 51.8 Å². The number of carbonyl (C=O) groups is 1. The van der Waals surface area contributed by atoms with E-state index in [1.165, 1.54) is 5.56 Å². The van der Waals surface area contributed by atoms with Crippen LogP contribution in [-0.2, 0) is 11.3 Å². The predicted octanol–water partition coefficient (Wildman–Crippen LogP) is 2.88. The van der Waals surface area contributed by atoms with Gasteiger partial charge in [0.2, 0.25) is 0 Å². The lowest BCUT2D eigenvalue weighted by atomic mass is 10.1. The van der Waals surface area contributed by atoms with Crippen LogP contribution in [0.15, 0.2) is 24.3 Å². The molecule has 0 amide bonds. The van der Waals surface area contributed by atoms with Gasteiger partial charge >= 0.3 is 5.97 Å². The summed E-state index contributed by atoms with van der Waals surface area (Å²) in [4.78, 5) is 11.8. The fourth-order valence-electron chi connectivity index (χ4n) is 1.93. The predicted molar refractivity (Wildman–Crippen MR) is 78.2 cm³/mol. The molecule has 0 aliphatic rings. The van der Waals surface area contributed by atoms with Gasteiger partial charge in [-0.05, 0) is 19.4 Å². The van der Waals surface area contributed by atoms with Crippen LogP contribution in [0.4, 0.5) is 0 Å². The van der Waals surface area contributed by atoms with Crippen molar-refractivity contribution in [3.8, 4) is 6.07 Å². The van der Waals surface area contributed by atoms with Crippen LogP contribution in [-0.4, -0.2) is 22.4 Å². The van der Waals surface area contributed by atoms with Gasteiger partial charge in [0.25, 0.3) is 0 Å². The average molecular weight is 304 g/mol. The smallest absolute Gasteiger partial charge is 0.344 e. The topological polar surface area (TPSA) is 67.9 Å². The van der Waals surface area contributed by atoms with E-state index in [1.807, 2.05) is 31.2 Å². The monoisotopic (exact) mass is 303 g/mol. The number of aryl methyl sites for hydroxylation is 2. The Morgan fingerprint density at radius 3 is 2.67 bits per heavy atom. The Bertz CT molecular complexity index is 699. The van der Waals surface area contributed by atoms with Crippen LogP contribution in [0.25, 0.3) is 0 Å². The van der Waals surface area contributed by atoms with E-state index in [1.54, 1.807) is 17.7 Å². The highest BCUT2D eigenvalue weighted by atomic mass is 35.5. The number of nitriles is 1. The zero-order chi connectivity index (χ0) is 15.4. The third-order valence-electron chi connectivity index (χ3n) is 2.99. The van der Waals surface area contributed by atoms with Gasteiger partial charge in [-0.15, -0.1) is 0 Å². The van der Waals surface area contributed by atoms with E-state index in [4.69, 9.17) is 21.6 Å². The van der Waals surface area contributed by atoms with E-state index in [9.17, 15) is 4.79 Å². The molecule has 0 fully saturated rings. The molecule has 0 radical (unpaired) electrons. The zero-order valence-corrected chi connectivity index (χ0v) is 12.5. The van der Waals surface area contributed by atoms with Crippen LogP contribution in [0.2, 0.25) is 5.15 Å². The van der Waals surface area contributed by atoms with Gasteiger partial charge in [-0.2, -0.15) is 10.4 Å². The minimum absolute atomic E-state index is 0.207. The number of benzene rings is 1. The summed E-state index contributed by atoms with van der Waals surface area (Å²) >= 11 is 6.20. The lowest BCUT2D eigenvalue weighted by Gasteiger charge is -2.04. The van der Waals surface area contributed by atoms with Crippen molar-refractivity contribution in [2.75, 3.05) is 6.61 Å². The number of hydrogen-bond donors (Lipinski definition) is 0. The summed E-state index contributed by atoms with van der Waals surface area (Å²) in [6.45, 7) is 3.85. The minimum Gasteiger partial charge on any atom is -0.447 e. The number of ether oxygens (including phenoxy) is 1. The van der Waals surface area contributed by atoms with Crippen LogP contribution in [0.3, 0.4) is 0 Å². The van der Waals surface area contributed by atoms with Gasteiger partial charge in [-0.25, -0.2) is 9.48 Å². The number of carbonyl (C=O) groups excluding carboxylic acids is 1. The van der Waals surface area contributed by atoms with Gasteiger partial charge in [0.05, 0.1) is 12.2 Å². The van der Waals surface area contributed by atoms with Gasteiger partial charge in [0.1, 0.15) is 16.8 Å². The molecule has 5 nitrogen and oxygen atoms in total. The van der Waals surface area contributed by atoms with Gasteiger partial charge in [0, 0.05) is 0 Å². The molecular formula is C15H14ClN3O2. The molecule has 0 atom stereocenters. The van der Waals surface area contributed by atoms with Crippen LogP contribution in [0, 0.1) is 25.2 Å². The second kappa shape index (κ2) is 6.42. The molecule has 1 heterocycles. The van der Waals surface area contributed by atoms with Gasteiger partial charge in [0.15, 0.2) is 6.61 Å². The van der Waals surface area contributed by atoms with Crippen molar-refractivity contribution in [1.82, 2.24) is 9.78 Å². The Labute approximate surface area is 127 Å². The maximum atomic E-state index is 11.8. The molecule has 0 unspecified atom stereocenters. The molecule has 6 heteroatoms. The molecule has 1 aromatic heterocycles. The van der Waals surface area contributed by atoms with E-state index in [-0.39, 0.29) is 17.3 Å². The van der Waals surface area contributed by atoms with Gasteiger partial charge in [-0.1, -0.05) is 41.4 Å². The number of esters is 1. The summed E-state index contributed by atoms with van der Waals surface area (Å²) in [6, 6.07) is 9.71. The number of hydrogen-bond acceptors (Lipinski definition) is 4. The van der Waals surface area contributed by atoms with Crippen molar-refractivity contribution in [2.45, 2.75) is 20.4 Å². The second-order valence-corrected chi connectivity index (χ2v) is 4.99. The van der Waals surface area contributed by atoms with E-state index in [2.05, 4.69) is 5.10 Å². The number of halogens is 1. The van der Waals surface area contributed by atoms with Crippen molar-refractivity contribution < 1.29 is 9.53 Å². The third-order valence-corrected chi connectivity index (χ3v) is 3.37. The Hall–Kier alpha value is -2.32. The SMILES string of the molecule is Cc1ccc(Cn2nc(C)c(C(=O)OCC#N)c2Cl)cc1. The molecule has 2 rings (SSSR count). The summed E-state index contributed by atoms with van der Waals surface area (Å²) in [5.41, 5.74) is 2.89. The van der Waals surface area contributed by atoms with Crippen LogP contribution < -0.4 is 0 Å². The normalized spacial score (nSPS) is 10.2. The Morgan fingerprint density at radius 1 is 1.38 bits per heavy atom. The van der Waals surface area contributed by atoms with Gasteiger partial charge < -0.3 is 4.74 Å². The fourth-order valence-corrected chi connectivity index (χ4v) is 2.24. The molecule has 0 N–H and O–H groups in total. The number of aromatic nitrogens is 2. The summed E-state index contributed by atoms with van der Waals surface area (Å²) in [7, 11) is 0. The van der Waals surface area contributed by atoms with Crippen LogP contribution in [0.1, 0.15) is 27.2 Å². The Kier molecular flexibility index (Phi) is 4.61. The lowest BCUT2D eigenvalue weighted by molar-refractivity contribution is 0.0554. The van der Waals surface area contributed by atoms with Crippen molar-refractivity contribution in [3.63, 3.8) is 0 Å². The molecule has 0 aliphatic carbocycles. The molecule has 0 aliphatic heterocycles. The molecule has 0 saturated heterocycles. The standard InChI is InChI=1S/C15H14ClN3O2/c1-10-3-5-12(6-4-10)9-19-14(16)13(11(2)18-19)15(20)21-8-7-17/h3-6H,8-9H2,1-2H3. The number of nitrogens with zero attached hydrogens (tertiary/aromatic N) is 3. The number of rotatable bonds is 4. The molecular weight excluding hydrogens is 290 g/mol. The van der Waals surface area contributed by atoms with E-state index >= 15 is 0 Å². The van der Waals surface area contributed by atoms with E-state index in [0.29, 0.717) is 12.2 Å². The summed E-state index contributed by atoms with van der Waals surface area (Å²) in [5, 5.41) is 12.9. The van der Waals surface area contributed by atoms with Crippen LogP contribution >= 0.6 is 11.6 Å². The quantitative estimate of drug-likeness (QED) is 0.814. The first-order valence-electron chi connectivity index (χ1n) is 6.35. The summed E-state index contributed by atoms with van der Waals surface area (Å²) < 4.78 is 6.33. The van der Waals surface area contributed by atoms with Crippen LogP contribution in [0.5, 0.6) is 0 Å². The molecule has 1 aromatic carbocycles. The van der Waals surface area contributed by atoms with Crippen molar-refractivity contribution >= 4 is 17.6 Å². The third kappa shape index (κ3) is 3.41. The molecule has 0 saturated carbocycles. The van der Waals surface area contributed by atoms with Gasteiger partial charge in [-0.3, -0.25) is 0 Å². The highest BCUT2D eigenvalue weighted by Crippen LogP contribution is 2.22. The maximum absolute atomic E-state index is 11.8. The second-order valence-electron chi connectivity index (χ2n) is 4.63. The maximum Gasteiger partial charge on any atom is 0.344 e. The van der Waals surface area contributed by atoms with E-state index < -0.39 is 5.97 Å². The minimum atomic E-state index is -0.630. The van der Waals surface area contributed by atoms with E-state index in [0.717, 1.165) is 5.56 Å². The molecule has 108 valence electrons. The highest BCUT2D eigenvalue weighted by Gasteiger charge is 2.21. The molecule has 2 aromatic rings. The lowest BCUT2D eigenvalue weighted by Crippen LogP contribution is -2.07. The Morgan fingerprint density at radius 2 is 2.05 bits per heavy atom. The first kappa shape index (κ1) is 15.1. The average Bonchev–Trinajstić information content (AvgIpc) is 2.73. The molecule has 0 spiro atoms. The molecule has 21 heavy (non-hydrogen) atoms. The fraction of sp³-hybridized carbons (Fsp3) is 0.267. The molecule has 0 bridgehead atoms. The summed E-state index contributed by atoms with van der Waals surface area (Å²) in [6.07, 6.45) is 0. The summed E-state index contributed by atoms with van der Waals surface area (Å²) in [5.74, 6) is -0.630. The van der Waals surface area contributed by atoms with Crippen molar-refractivity contribution in [1.29, 1.82) is 5.26 Å².